The predicted molar refractivity (Wildman–Crippen MR) is 164 cm³/mol. The number of methoxy groups -OCH3 is 1. The van der Waals surface area contributed by atoms with E-state index in [9.17, 15) is 14.4 Å². The van der Waals surface area contributed by atoms with Gasteiger partial charge in [0, 0.05) is 24.3 Å². The molecule has 4 aromatic rings. The van der Waals surface area contributed by atoms with Crippen LogP contribution in [0.1, 0.15) is 71.6 Å². The molecule has 1 saturated heterocycles. The van der Waals surface area contributed by atoms with E-state index in [0.29, 0.717) is 24.5 Å². The van der Waals surface area contributed by atoms with Crippen LogP contribution in [0.2, 0.25) is 0 Å². The zero-order valence-electron chi connectivity index (χ0n) is 26.0. The molecule has 13 nitrogen and oxygen atoms in total. The minimum Gasteiger partial charge on any atom is -0.469 e. The lowest BCUT2D eigenvalue weighted by Crippen LogP contribution is -2.51. The SMILES string of the molecule is COC(=O)c1coc(-c2nc3oc2C24c5ccccc5NC2Oc2ccc(cc24)C[C@H](NC(=O)C2CCCO2)C(=O)N[C@H]3C(C)C)n1. The van der Waals surface area contributed by atoms with Crippen LogP contribution < -0.4 is 20.7 Å². The van der Waals surface area contributed by atoms with Crippen molar-refractivity contribution in [3.8, 4) is 17.3 Å². The molecule has 3 N–H and O–H groups in total. The van der Waals surface area contributed by atoms with E-state index in [1.165, 1.54) is 13.4 Å². The van der Waals surface area contributed by atoms with Crippen molar-refractivity contribution in [3.05, 3.63) is 82.8 Å². The van der Waals surface area contributed by atoms with Crippen LogP contribution in [0.5, 0.6) is 5.75 Å². The van der Waals surface area contributed by atoms with Crippen LogP contribution in [0.3, 0.4) is 0 Å². The quantitative estimate of drug-likeness (QED) is 0.273. The van der Waals surface area contributed by atoms with Crippen LogP contribution in [-0.2, 0) is 30.9 Å². The molecule has 2 aromatic carbocycles. The number of esters is 1. The highest BCUT2D eigenvalue weighted by molar-refractivity contribution is 5.90. The van der Waals surface area contributed by atoms with E-state index in [2.05, 4.69) is 20.9 Å². The number of hydrogen-bond donors (Lipinski definition) is 3. The molecule has 1 fully saturated rings. The summed E-state index contributed by atoms with van der Waals surface area (Å²) in [5.41, 5.74) is 2.48. The van der Waals surface area contributed by atoms with Crippen LogP contribution in [0.4, 0.5) is 5.69 Å². The highest BCUT2D eigenvalue weighted by Crippen LogP contribution is 2.59. The van der Waals surface area contributed by atoms with E-state index < -0.39 is 41.7 Å². The van der Waals surface area contributed by atoms with Crippen LogP contribution in [0, 0.1) is 5.92 Å². The molecule has 0 saturated carbocycles. The van der Waals surface area contributed by atoms with Crippen molar-refractivity contribution in [3.63, 3.8) is 0 Å². The first-order valence-corrected chi connectivity index (χ1v) is 15.7. The summed E-state index contributed by atoms with van der Waals surface area (Å²) < 4.78 is 29.7. The van der Waals surface area contributed by atoms with Crippen molar-refractivity contribution in [1.82, 2.24) is 20.6 Å². The second kappa shape index (κ2) is 11.0. The summed E-state index contributed by atoms with van der Waals surface area (Å²) >= 11 is 0. The van der Waals surface area contributed by atoms with Crippen molar-refractivity contribution in [2.75, 3.05) is 19.0 Å². The summed E-state index contributed by atoms with van der Waals surface area (Å²) in [5, 5.41) is 9.56. The van der Waals surface area contributed by atoms with Gasteiger partial charge in [-0.2, -0.15) is 0 Å². The van der Waals surface area contributed by atoms with Gasteiger partial charge in [-0.15, -0.1) is 0 Å². The van der Waals surface area contributed by atoms with Gasteiger partial charge in [-0.3, -0.25) is 9.59 Å². The second-order valence-corrected chi connectivity index (χ2v) is 12.6. The Morgan fingerprint density at radius 1 is 1.11 bits per heavy atom. The molecule has 8 rings (SSSR count). The summed E-state index contributed by atoms with van der Waals surface area (Å²) in [7, 11) is 1.26. The molecule has 4 bridgehead atoms. The average molecular weight is 640 g/mol. The van der Waals surface area contributed by atoms with Gasteiger partial charge in [-0.05, 0) is 42.0 Å². The van der Waals surface area contributed by atoms with E-state index in [1.807, 2.05) is 56.3 Å². The predicted octanol–water partition coefficient (Wildman–Crippen LogP) is 3.63. The number of carbonyl (C=O) groups is 3. The normalized spacial score (nSPS) is 25.5. The number of fused-ring (bicyclic) bond motifs is 4. The number of oxazole rings is 2. The van der Waals surface area contributed by atoms with Crippen LogP contribution >= 0.6 is 0 Å². The first kappa shape index (κ1) is 29.2. The molecule has 4 aliphatic rings. The lowest BCUT2D eigenvalue weighted by atomic mass is 9.72. The van der Waals surface area contributed by atoms with Gasteiger partial charge in [0.2, 0.25) is 23.6 Å². The minimum absolute atomic E-state index is 0.0289. The van der Waals surface area contributed by atoms with Crippen molar-refractivity contribution < 1.29 is 37.4 Å². The highest BCUT2D eigenvalue weighted by atomic mass is 16.5. The molecule has 3 unspecified atom stereocenters. The van der Waals surface area contributed by atoms with Crippen molar-refractivity contribution in [1.29, 1.82) is 0 Å². The molecule has 4 aliphatic heterocycles. The van der Waals surface area contributed by atoms with E-state index in [0.717, 1.165) is 28.8 Å². The molecule has 5 atom stereocenters. The average Bonchev–Trinajstić information content (AvgIpc) is 3.89. The summed E-state index contributed by atoms with van der Waals surface area (Å²) in [5.74, 6) is -0.299. The number of benzene rings is 2. The van der Waals surface area contributed by atoms with Crippen molar-refractivity contribution in [2.24, 2.45) is 5.92 Å². The Morgan fingerprint density at radius 3 is 2.74 bits per heavy atom. The zero-order valence-corrected chi connectivity index (χ0v) is 26.0. The largest absolute Gasteiger partial charge is 0.469 e. The third-order valence-corrected chi connectivity index (χ3v) is 9.37. The number of nitrogens with zero attached hydrogens (tertiary/aromatic N) is 2. The van der Waals surface area contributed by atoms with Gasteiger partial charge < -0.3 is 39.0 Å². The molecule has 2 aromatic heterocycles. The Hall–Kier alpha value is -5.17. The maximum absolute atomic E-state index is 14.0. The Morgan fingerprint density at radius 2 is 1.96 bits per heavy atom. The van der Waals surface area contributed by atoms with Gasteiger partial charge in [0.15, 0.2) is 23.4 Å². The molecule has 13 heteroatoms. The molecule has 0 radical (unpaired) electrons. The second-order valence-electron chi connectivity index (χ2n) is 12.6. The van der Waals surface area contributed by atoms with Gasteiger partial charge in [-0.1, -0.05) is 44.2 Å². The lowest BCUT2D eigenvalue weighted by Gasteiger charge is -2.29. The lowest BCUT2D eigenvalue weighted by molar-refractivity contribution is -0.135. The summed E-state index contributed by atoms with van der Waals surface area (Å²) in [6, 6.07) is 12.0. The zero-order chi connectivity index (χ0) is 32.4. The molecule has 2 amide bonds. The smallest absolute Gasteiger partial charge is 0.360 e. The third kappa shape index (κ3) is 4.51. The fourth-order valence-electron chi connectivity index (χ4n) is 7.08. The standard InChI is InChI=1S/C34H33N5O8/c1-16(2)25-31-39-26(30-36-22(15-45-30)32(42)43-3)27(47-31)34-18-7-4-5-8-20(18)37-33(34)46-23-11-10-17(13-19(23)34)14-21(28(40)38-25)35-29(41)24-9-6-12-44-24/h4-5,7-8,10-11,13,15-16,21,24-25,33,37H,6,9,12,14H2,1-3H3,(H,35,41)(H,38,40)/t21-,24?,25-,33?,34?/m0/s1. The van der Waals surface area contributed by atoms with Crippen LogP contribution in [0.15, 0.2) is 57.6 Å². The van der Waals surface area contributed by atoms with Gasteiger partial charge >= 0.3 is 5.97 Å². The first-order chi connectivity index (χ1) is 22.8. The first-order valence-electron chi connectivity index (χ1n) is 15.7. The number of carbonyl (C=O) groups excluding carboxylic acids is 3. The van der Waals surface area contributed by atoms with Gasteiger partial charge in [0.25, 0.3) is 0 Å². The maximum atomic E-state index is 14.0. The number of aromatic nitrogens is 2. The summed E-state index contributed by atoms with van der Waals surface area (Å²) in [6.45, 7) is 4.38. The van der Waals surface area contributed by atoms with Gasteiger partial charge in [0.05, 0.1) is 7.11 Å². The monoisotopic (exact) mass is 639 g/mol. The third-order valence-electron chi connectivity index (χ3n) is 9.37. The fourth-order valence-corrected chi connectivity index (χ4v) is 7.08. The number of para-hydroxylation sites is 1. The van der Waals surface area contributed by atoms with Crippen LogP contribution in [-0.4, -0.2) is 59.8 Å². The van der Waals surface area contributed by atoms with E-state index >= 15 is 0 Å². The van der Waals surface area contributed by atoms with Crippen molar-refractivity contribution >= 4 is 23.5 Å². The Labute approximate surface area is 269 Å². The number of ether oxygens (including phenoxy) is 3. The highest BCUT2D eigenvalue weighted by Gasteiger charge is 2.61. The molecule has 242 valence electrons. The molecular weight excluding hydrogens is 606 g/mol. The fraction of sp³-hybridized carbons (Fsp3) is 0.382. The molecular formula is C34H33N5O8. The van der Waals surface area contributed by atoms with E-state index in [4.69, 9.17) is 28.0 Å². The topological polar surface area (TPSA) is 167 Å². The summed E-state index contributed by atoms with van der Waals surface area (Å²) in [4.78, 5) is 48.9. The Bertz CT molecular complexity index is 1910. The minimum atomic E-state index is -1.07. The number of amides is 2. The molecule has 0 aliphatic carbocycles. The number of rotatable bonds is 5. The van der Waals surface area contributed by atoms with E-state index in [-0.39, 0.29) is 41.4 Å². The van der Waals surface area contributed by atoms with E-state index in [1.54, 1.807) is 0 Å². The summed E-state index contributed by atoms with van der Waals surface area (Å²) in [6.07, 6.45) is 1.58. The molecule has 6 heterocycles. The van der Waals surface area contributed by atoms with Gasteiger partial charge in [0.1, 0.15) is 35.6 Å². The molecule has 1 spiro atoms. The van der Waals surface area contributed by atoms with Crippen molar-refractivity contribution in [2.45, 2.75) is 62.9 Å². The maximum Gasteiger partial charge on any atom is 0.360 e. The number of nitrogens with one attached hydrogen (secondary N) is 3. The van der Waals surface area contributed by atoms with Crippen LogP contribution in [0.25, 0.3) is 11.6 Å². The Kier molecular flexibility index (Phi) is 6.83. The molecule has 47 heavy (non-hydrogen) atoms. The Balaban J connectivity index is 1.35. The van der Waals surface area contributed by atoms with Gasteiger partial charge in [-0.25, -0.2) is 14.8 Å². The number of anilines is 1. The number of hydrogen-bond acceptors (Lipinski definition) is 11.